The van der Waals surface area contributed by atoms with Crippen LogP contribution in [0.5, 0.6) is 5.75 Å². The summed E-state index contributed by atoms with van der Waals surface area (Å²) < 4.78 is 5.29. The molecule has 0 bridgehead atoms. The van der Waals surface area contributed by atoms with Gasteiger partial charge in [-0.2, -0.15) is 0 Å². The first-order valence-electron chi connectivity index (χ1n) is 11.5. The van der Waals surface area contributed by atoms with Crippen LogP contribution in [0.2, 0.25) is 0 Å². The first-order valence-corrected chi connectivity index (χ1v) is 11.5. The third-order valence-corrected chi connectivity index (χ3v) is 6.46. The molecule has 0 radical (unpaired) electrons. The van der Waals surface area contributed by atoms with Gasteiger partial charge >= 0.3 is 0 Å². The fraction of sp³-hybridized carbons (Fsp3) is 0.720. The Labute approximate surface area is 183 Å². The largest absolute Gasteiger partial charge is 0.497 e. The molecule has 170 valence electrons. The molecule has 1 N–H and O–H groups in total. The molecule has 1 aromatic rings. The maximum absolute atomic E-state index is 11.3. The number of benzene rings is 1. The van der Waals surface area contributed by atoms with Crippen LogP contribution in [0.4, 0.5) is 0 Å². The summed E-state index contributed by atoms with van der Waals surface area (Å²) in [5, 5.41) is 11.2. The highest BCUT2D eigenvalue weighted by Gasteiger charge is 2.40. The predicted molar refractivity (Wildman–Crippen MR) is 123 cm³/mol. The fourth-order valence-corrected chi connectivity index (χ4v) is 4.87. The Kier molecular flexibility index (Phi) is 9.79. The molecule has 0 amide bonds. The lowest BCUT2D eigenvalue weighted by molar-refractivity contribution is -0.125. The molecule has 0 saturated heterocycles. The maximum Gasteiger partial charge on any atom is 0.137 e. The van der Waals surface area contributed by atoms with E-state index in [0.717, 1.165) is 62.9 Å². The van der Waals surface area contributed by atoms with Gasteiger partial charge in [-0.05, 0) is 71.6 Å². The van der Waals surface area contributed by atoms with Gasteiger partial charge in [0, 0.05) is 31.3 Å². The standard InChI is InChI=1S/C16H25NO2.C9H17NO/c1-17(2)12-14-7-4-5-10-16(14,18)13-8-6-9-15(11-13)19-3;1-10(2)7-8-5-3-4-6-9(8)11/h6,8-9,11,14,18H,4-5,7,10,12H2,1-3H3;8H,3-7H2,1-2H3. The molecule has 5 heteroatoms. The highest BCUT2D eigenvalue weighted by Crippen LogP contribution is 2.42. The Bertz CT molecular complexity index is 662. The zero-order chi connectivity index (χ0) is 22.1. The van der Waals surface area contributed by atoms with Gasteiger partial charge in [0.05, 0.1) is 12.7 Å². The summed E-state index contributed by atoms with van der Waals surface area (Å²) in [4.78, 5) is 15.6. The van der Waals surface area contributed by atoms with Crippen LogP contribution in [-0.2, 0) is 10.4 Å². The predicted octanol–water partition coefficient (Wildman–Crippen LogP) is 3.94. The quantitative estimate of drug-likeness (QED) is 0.758. The molecule has 0 spiro atoms. The number of rotatable bonds is 6. The van der Waals surface area contributed by atoms with Crippen molar-refractivity contribution in [3.63, 3.8) is 0 Å². The van der Waals surface area contributed by atoms with Crippen LogP contribution >= 0.6 is 0 Å². The van der Waals surface area contributed by atoms with Crippen LogP contribution in [0.3, 0.4) is 0 Å². The van der Waals surface area contributed by atoms with Crippen LogP contribution in [0.1, 0.15) is 56.9 Å². The third-order valence-electron chi connectivity index (χ3n) is 6.46. The highest BCUT2D eigenvalue weighted by molar-refractivity contribution is 5.81. The van der Waals surface area contributed by atoms with Crippen molar-refractivity contribution in [1.82, 2.24) is 9.80 Å². The van der Waals surface area contributed by atoms with Gasteiger partial charge in [-0.1, -0.05) is 31.4 Å². The second-order valence-electron chi connectivity index (χ2n) is 9.53. The molecule has 0 aromatic heterocycles. The lowest BCUT2D eigenvalue weighted by atomic mass is 9.71. The van der Waals surface area contributed by atoms with Crippen molar-refractivity contribution in [2.75, 3.05) is 48.4 Å². The van der Waals surface area contributed by atoms with Crippen molar-refractivity contribution in [3.8, 4) is 5.75 Å². The highest BCUT2D eigenvalue weighted by atomic mass is 16.5. The van der Waals surface area contributed by atoms with Crippen molar-refractivity contribution in [1.29, 1.82) is 0 Å². The van der Waals surface area contributed by atoms with Gasteiger partial charge in [-0.25, -0.2) is 0 Å². The van der Waals surface area contributed by atoms with Crippen molar-refractivity contribution >= 4 is 5.78 Å². The number of carbonyl (C=O) groups excluding carboxylic acids is 1. The van der Waals surface area contributed by atoms with E-state index in [2.05, 4.69) is 23.9 Å². The van der Waals surface area contributed by atoms with Crippen molar-refractivity contribution in [2.45, 2.75) is 57.0 Å². The SMILES string of the molecule is CN(C)CC1CCCCC1=O.COc1cccc(C2(O)CCCCC2CN(C)C)c1. The zero-order valence-electron chi connectivity index (χ0n) is 19.7. The molecule has 2 aliphatic carbocycles. The van der Waals surface area contributed by atoms with E-state index in [0.29, 0.717) is 17.6 Å². The smallest absolute Gasteiger partial charge is 0.137 e. The van der Waals surface area contributed by atoms with Crippen LogP contribution in [0, 0.1) is 11.8 Å². The molecular formula is C25H42N2O3. The average molecular weight is 419 g/mol. The molecule has 3 unspecified atom stereocenters. The molecule has 5 nitrogen and oxygen atoms in total. The van der Waals surface area contributed by atoms with E-state index in [1.165, 1.54) is 12.8 Å². The summed E-state index contributed by atoms with van der Waals surface area (Å²) in [6.45, 7) is 1.87. The Morgan fingerprint density at radius 3 is 2.37 bits per heavy atom. The number of hydrogen-bond donors (Lipinski definition) is 1. The first kappa shape index (κ1) is 24.8. The molecule has 0 heterocycles. The van der Waals surface area contributed by atoms with E-state index in [1.807, 2.05) is 38.4 Å². The van der Waals surface area contributed by atoms with Crippen LogP contribution in [-0.4, -0.2) is 69.1 Å². The minimum absolute atomic E-state index is 0.295. The number of ether oxygens (including phenoxy) is 1. The second kappa shape index (κ2) is 11.8. The third kappa shape index (κ3) is 7.07. The molecule has 0 aliphatic heterocycles. The second-order valence-corrected chi connectivity index (χ2v) is 9.53. The summed E-state index contributed by atoms with van der Waals surface area (Å²) in [6.07, 6.45) is 8.52. The first-order chi connectivity index (χ1) is 14.3. The number of ketones is 1. The minimum atomic E-state index is -0.711. The fourth-order valence-electron chi connectivity index (χ4n) is 4.87. The normalized spacial score (nSPS) is 27.0. The number of Topliss-reactive ketones (excluding diaryl/α,β-unsaturated/α-hetero) is 1. The molecule has 3 atom stereocenters. The van der Waals surface area contributed by atoms with Gasteiger partial charge in [0.15, 0.2) is 0 Å². The number of nitrogens with zero attached hydrogens (tertiary/aromatic N) is 2. The minimum Gasteiger partial charge on any atom is -0.497 e. The Morgan fingerprint density at radius 2 is 1.73 bits per heavy atom. The van der Waals surface area contributed by atoms with E-state index in [1.54, 1.807) is 7.11 Å². The number of aliphatic hydroxyl groups is 1. The average Bonchev–Trinajstić information content (AvgIpc) is 2.71. The Morgan fingerprint density at radius 1 is 1.03 bits per heavy atom. The molecule has 2 aliphatic rings. The van der Waals surface area contributed by atoms with Crippen LogP contribution in [0.15, 0.2) is 24.3 Å². The molecule has 1 aromatic carbocycles. The molecule has 30 heavy (non-hydrogen) atoms. The maximum atomic E-state index is 11.3. The summed E-state index contributed by atoms with van der Waals surface area (Å²) in [5.74, 6) is 1.92. The van der Waals surface area contributed by atoms with Gasteiger partial charge < -0.3 is 19.6 Å². The van der Waals surface area contributed by atoms with Gasteiger partial charge in [0.1, 0.15) is 11.5 Å². The van der Waals surface area contributed by atoms with Gasteiger partial charge in [-0.15, -0.1) is 0 Å². The van der Waals surface area contributed by atoms with E-state index in [-0.39, 0.29) is 0 Å². The van der Waals surface area contributed by atoms with Crippen molar-refractivity contribution in [2.24, 2.45) is 11.8 Å². The van der Waals surface area contributed by atoms with Crippen LogP contribution in [0.25, 0.3) is 0 Å². The lowest BCUT2D eigenvalue weighted by Crippen LogP contribution is -2.43. The zero-order valence-corrected chi connectivity index (χ0v) is 19.7. The number of carbonyl (C=O) groups is 1. The molecule has 2 saturated carbocycles. The Balaban J connectivity index is 0.000000248. The van der Waals surface area contributed by atoms with Gasteiger partial charge in [0.25, 0.3) is 0 Å². The van der Waals surface area contributed by atoms with E-state index >= 15 is 0 Å². The summed E-state index contributed by atoms with van der Waals surface area (Å²) >= 11 is 0. The van der Waals surface area contributed by atoms with Crippen molar-refractivity contribution in [3.05, 3.63) is 29.8 Å². The van der Waals surface area contributed by atoms with E-state index in [4.69, 9.17) is 4.74 Å². The monoisotopic (exact) mass is 418 g/mol. The molecular weight excluding hydrogens is 376 g/mol. The lowest BCUT2D eigenvalue weighted by Gasteiger charge is -2.41. The summed E-state index contributed by atoms with van der Waals surface area (Å²) in [5.41, 5.74) is 0.287. The molecule has 2 fully saturated rings. The number of hydrogen-bond acceptors (Lipinski definition) is 5. The Hall–Kier alpha value is -1.43. The van der Waals surface area contributed by atoms with E-state index < -0.39 is 5.60 Å². The van der Waals surface area contributed by atoms with Gasteiger partial charge in [-0.3, -0.25) is 4.79 Å². The van der Waals surface area contributed by atoms with E-state index in [9.17, 15) is 9.90 Å². The topological polar surface area (TPSA) is 53.0 Å². The van der Waals surface area contributed by atoms with Gasteiger partial charge in [0.2, 0.25) is 0 Å². The van der Waals surface area contributed by atoms with Crippen LogP contribution < -0.4 is 4.74 Å². The molecule has 3 rings (SSSR count). The summed E-state index contributed by atoms with van der Waals surface area (Å²) in [7, 11) is 9.87. The summed E-state index contributed by atoms with van der Waals surface area (Å²) in [6, 6.07) is 7.90. The number of methoxy groups -OCH3 is 1. The van der Waals surface area contributed by atoms with Crippen molar-refractivity contribution < 1.29 is 14.6 Å².